The number of ether oxygens (including phenoxy) is 4. The molecular weight excluding hydrogens is 692 g/mol. The van der Waals surface area contributed by atoms with Crippen LogP contribution in [0.25, 0.3) is 0 Å². The maximum atomic E-state index is 12.4. The highest BCUT2D eigenvalue weighted by Gasteiger charge is 2.41. The van der Waals surface area contributed by atoms with Gasteiger partial charge in [0.1, 0.15) is 20.4 Å². The summed E-state index contributed by atoms with van der Waals surface area (Å²) in [6.45, 7) is 15.0. The first-order chi connectivity index (χ1) is 21.0. The average molecular weight is 747 g/mol. The van der Waals surface area contributed by atoms with E-state index in [9.17, 15) is 9.59 Å². The van der Waals surface area contributed by atoms with Gasteiger partial charge in [0.25, 0.3) is 0 Å². The van der Waals surface area contributed by atoms with Crippen LogP contribution in [0, 0.1) is 35.5 Å². The van der Waals surface area contributed by atoms with E-state index < -0.39 is 12.6 Å². The summed E-state index contributed by atoms with van der Waals surface area (Å²) in [5.41, 5.74) is 1.41. The topological polar surface area (TPSA) is 95.1 Å². The SMILES string of the molecule is CC(C)[C@@H]1CC[C@@H](C)C[C@H]1O[C@H]1OC(=O)C(Br)=C1NCCCCCCNC1=C(Br)C(=O)O[C@@H]1O[C@@H]1C[C@H](C)CC[C@H]1C(C)C. The Kier molecular flexibility index (Phi) is 13.5. The van der Waals surface area contributed by atoms with E-state index >= 15 is 0 Å². The van der Waals surface area contributed by atoms with Gasteiger partial charge in [-0.25, -0.2) is 9.59 Å². The van der Waals surface area contributed by atoms with Gasteiger partial charge in [-0.2, -0.15) is 0 Å². The van der Waals surface area contributed by atoms with Crippen molar-refractivity contribution >= 4 is 43.8 Å². The number of unbranched alkanes of at least 4 members (excludes halogenated alkanes) is 3. The number of nitrogens with one attached hydrogen (secondary N) is 2. The van der Waals surface area contributed by atoms with Crippen molar-refractivity contribution in [3.8, 4) is 0 Å². The normalized spacial score (nSPS) is 33.0. The average Bonchev–Trinajstić information content (AvgIpc) is 3.37. The molecule has 0 radical (unpaired) electrons. The van der Waals surface area contributed by atoms with E-state index in [0.717, 1.165) is 64.5 Å². The second-order valence-electron chi connectivity index (χ2n) is 14.2. The van der Waals surface area contributed by atoms with Gasteiger partial charge in [0, 0.05) is 13.1 Å². The zero-order valence-electron chi connectivity index (χ0n) is 27.5. The van der Waals surface area contributed by atoms with Gasteiger partial charge in [-0.05, 0) is 106 Å². The van der Waals surface area contributed by atoms with Gasteiger partial charge in [0.2, 0.25) is 12.6 Å². The Bertz CT molecular complexity index is 980. The van der Waals surface area contributed by atoms with Crippen molar-refractivity contribution in [3.05, 3.63) is 20.4 Å². The predicted molar refractivity (Wildman–Crippen MR) is 179 cm³/mol. The van der Waals surface area contributed by atoms with Crippen LogP contribution in [0.15, 0.2) is 20.4 Å². The molecule has 8 atom stereocenters. The maximum absolute atomic E-state index is 12.4. The molecule has 44 heavy (non-hydrogen) atoms. The summed E-state index contributed by atoms with van der Waals surface area (Å²) in [6, 6.07) is 0. The minimum absolute atomic E-state index is 0.0859. The fourth-order valence-electron chi connectivity index (χ4n) is 7.27. The molecule has 0 amide bonds. The van der Waals surface area contributed by atoms with Crippen molar-refractivity contribution in [1.29, 1.82) is 0 Å². The minimum atomic E-state index is -0.677. The van der Waals surface area contributed by atoms with Crippen molar-refractivity contribution in [2.45, 2.75) is 131 Å². The highest BCUT2D eigenvalue weighted by molar-refractivity contribution is 9.12. The lowest BCUT2D eigenvalue weighted by Crippen LogP contribution is -2.39. The second kappa shape index (κ2) is 16.6. The Labute approximate surface area is 281 Å². The molecule has 2 aliphatic carbocycles. The summed E-state index contributed by atoms with van der Waals surface area (Å²) in [5.74, 6) is 2.48. The van der Waals surface area contributed by atoms with E-state index in [2.05, 4.69) is 84.0 Å². The smallest absolute Gasteiger partial charge is 0.349 e. The summed E-state index contributed by atoms with van der Waals surface area (Å²) in [6.07, 6.45) is 9.52. The van der Waals surface area contributed by atoms with Crippen LogP contribution in [-0.2, 0) is 28.5 Å². The second-order valence-corrected chi connectivity index (χ2v) is 15.8. The molecule has 0 spiro atoms. The van der Waals surface area contributed by atoms with Crippen LogP contribution in [-0.4, -0.2) is 49.8 Å². The first kappa shape index (κ1) is 35.7. The molecule has 0 bridgehead atoms. The fourth-order valence-corrected chi connectivity index (χ4v) is 8.11. The fraction of sp³-hybridized carbons (Fsp3) is 0.824. The Balaban J connectivity index is 1.18. The number of halogens is 2. The lowest BCUT2D eigenvalue weighted by Gasteiger charge is -2.38. The summed E-state index contributed by atoms with van der Waals surface area (Å²) in [4.78, 5) is 24.7. The number of esters is 2. The third-order valence-corrected chi connectivity index (χ3v) is 11.5. The van der Waals surface area contributed by atoms with Gasteiger partial charge in [-0.15, -0.1) is 0 Å². The van der Waals surface area contributed by atoms with Gasteiger partial charge < -0.3 is 29.6 Å². The van der Waals surface area contributed by atoms with Gasteiger partial charge in [-0.3, -0.25) is 0 Å². The van der Waals surface area contributed by atoms with Gasteiger partial charge in [0.05, 0.1) is 12.2 Å². The van der Waals surface area contributed by atoms with Gasteiger partial charge in [-0.1, -0.05) is 67.2 Å². The van der Waals surface area contributed by atoms with Crippen LogP contribution in [0.3, 0.4) is 0 Å². The maximum Gasteiger partial charge on any atom is 0.349 e. The van der Waals surface area contributed by atoms with Crippen LogP contribution in [0.2, 0.25) is 0 Å². The van der Waals surface area contributed by atoms with Crippen LogP contribution in [0.1, 0.15) is 106 Å². The van der Waals surface area contributed by atoms with Crippen LogP contribution >= 0.6 is 31.9 Å². The van der Waals surface area contributed by atoms with E-state index in [4.69, 9.17) is 18.9 Å². The number of rotatable bonds is 15. The molecule has 2 N–H and O–H groups in total. The molecule has 10 heteroatoms. The Morgan fingerprint density at radius 3 is 1.43 bits per heavy atom. The molecule has 4 aliphatic rings. The highest BCUT2D eigenvalue weighted by Crippen LogP contribution is 2.39. The van der Waals surface area contributed by atoms with E-state index in [1.54, 1.807) is 0 Å². The molecule has 2 fully saturated rings. The Morgan fingerprint density at radius 2 is 1.07 bits per heavy atom. The molecule has 250 valence electrons. The van der Waals surface area contributed by atoms with Crippen molar-refractivity contribution in [3.63, 3.8) is 0 Å². The van der Waals surface area contributed by atoms with Crippen LogP contribution in [0.4, 0.5) is 0 Å². The standard InChI is InChI=1S/C34H54Br2N2O6/c1-19(2)23-13-11-21(5)17-25(23)41-33-29(27(35)31(39)43-33)37-15-9-7-8-10-16-38-30-28(36)32(40)44-34(30)42-26-18-22(6)12-14-24(26)20(3)4/h19-26,33-34,37-38H,7-18H2,1-6H3/t21-,22-,23+,24+,25-,26-,33+,34+/m1/s1. The third-order valence-electron chi connectivity index (χ3n) is 9.98. The monoisotopic (exact) mass is 744 g/mol. The number of carbonyl (C=O) groups excluding carboxylic acids is 2. The largest absolute Gasteiger partial charge is 0.426 e. The van der Waals surface area contributed by atoms with Crippen LogP contribution in [0.5, 0.6) is 0 Å². The molecule has 0 aromatic heterocycles. The first-order valence-electron chi connectivity index (χ1n) is 17.0. The molecule has 4 rings (SSSR count). The van der Waals surface area contributed by atoms with E-state index in [-0.39, 0.29) is 24.1 Å². The molecule has 0 unspecified atom stereocenters. The Hall–Kier alpha value is -1.10. The number of hydrogen-bond acceptors (Lipinski definition) is 8. The summed E-state index contributed by atoms with van der Waals surface area (Å²) >= 11 is 6.85. The van der Waals surface area contributed by atoms with Crippen molar-refractivity contribution in [1.82, 2.24) is 10.6 Å². The zero-order chi connectivity index (χ0) is 32.0. The molecular formula is C34H54Br2N2O6. The van der Waals surface area contributed by atoms with Crippen LogP contribution < -0.4 is 10.6 Å². The predicted octanol–water partition coefficient (Wildman–Crippen LogP) is 7.66. The quantitative estimate of drug-likeness (QED) is 0.130. The summed E-state index contributed by atoms with van der Waals surface area (Å²) in [7, 11) is 0. The van der Waals surface area contributed by atoms with Gasteiger partial charge in [0.15, 0.2) is 0 Å². The summed E-state index contributed by atoms with van der Waals surface area (Å²) in [5, 5.41) is 6.85. The van der Waals surface area contributed by atoms with E-state index in [0.29, 0.717) is 55.9 Å². The molecule has 2 aliphatic heterocycles. The molecule has 0 aromatic carbocycles. The zero-order valence-corrected chi connectivity index (χ0v) is 30.6. The molecule has 2 saturated carbocycles. The lowest BCUT2D eigenvalue weighted by atomic mass is 9.75. The van der Waals surface area contributed by atoms with Crippen molar-refractivity contribution in [2.24, 2.45) is 35.5 Å². The molecule has 8 nitrogen and oxygen atoms in total. The Morgan fingerprint density at radius 1 is 0.682 bits per heavy atom. The minimum Gasteiger partial charge on any atom is -0.426 e. The number of hydrogen-bond donors (Lipinski definition) is 2. The molecule has 2 heterocycles. The van der Waals surface area contributed by atoms with Crippen molar-refractivity contribution in [2.75, 3.05) is 13.1 Å². The van der Waals surface area contributed by atoms with Gasteiger partial charge >= 0.3 is 11.9 Å². The number of cyclic esters (lactones) is 2. The number of carbonyl (C=O) groups is 2. The summed E-state index contributed by atoms with van der Waals surface area (Å²) < 4.78 is 25.0. The van der Waals surface area contributed by atoms with E-state index in [1.165, 1.54) is 12.8 Å². The highest BCUT2D eigenvalue weighted by atomic mass is 79.9. The lowest BCUT2D eigenvalue weighted by molar-refractivity contribution is -0.183. The first-order valence-corrected chi connectivity index (χ1v) is 18.5. The molecule has 0 saturated heterocycles. The van der Waals surface area contributed by atoms with Crippen molar-refractivity contribution < 1.29 is 28.5 Å². The third kappa shape index (κ3) is 9.25. The van der Waals surface area contributed by atoms with E-state index in [1.807, 2.05) is 0 Å². The molecule has 0 aromatic rings.